The maximum Gasteiger partial charge on any atom is 0.214 e. The fourth-order valence-electron chi connectivity index (χ4n) is 1.24. The molecule has 1 aliphatic rings. The predicted octanol–water partition coefficient (Wildman–Crippen LogP) is 0.882. The summed E-state index contributed by atoms with van der Waals surface area (Å²) in [6.07, 6.45) is 3.01. The standard InChI is InChI=1S/C9H14N2O2S/c1-2-3-6-14(12,13)11-7-9(8-11)4-5-10/h4H,2-3,6-8H2,1H3. The smallest absolute Gasteiger partial charge is 0.212 e. The molecule has 0 spiro atoms. The van der Waals surface area contributed by atoms with Crippen molar-refractivity contribution in [3.8, 4) is 6.07 Å². The molecule has 0 radical (unpaired) electrons. The van der Waals surface area contributed by atoms with Gasteiger partial charge in [0.2, 0.25) is 10.0 Å². The molecule has 1 aliphatic heterocycles. The molecule has 0 aromatic carbocycles. The van der Waals surface area contributed by atoms with Crippen molar-refractivity contribution in [1.82, 2.24) is 4.31 Å². The minimum atomic E-state index is -3.05. The summed E-state index contributed by atoms with van der Waals surface area (Å²) in [4.78, 5) is 0. The highest BCUT2D eigenvalue weighted by molar-refractivity contribution is 7.89. The molecular formula is C9H14N2O2S. The van der Waals surface area contributed by atoms with Crippen LogP contribution in [0.2, 0.25) is 0 Å². The van der Waals surface area contributed by atoms with Gasteiger partial charge < -0.3 is 0 Å². The first-order chi connectivity index (χ1) is 6.60. The molecule has 14 heavy (non-hydrogen) atoms. The van der Waals surface area contributed by atoms with Gasteiger partial charge in [-0.2, -0.15) is 9.57 Å². The number of sulfonamides is 1. The third-order valence-corrected chi connectivity index (χ3v) is 4.03. The molecule has 78 valence electrons. The Morgan fingerprint density at radius 3 is 2.71 bits per heavy atom. The van der Waals surface area contributed by atoms with E-state index in [9.17, 15) is 8.42 Å². The summed E-state index contributed by atoms with van der Waals surface area (Å²) in [5.74, 6) is 0.226. The Hall–Kier alpha value is -0.860. The molecule has 1 fully saturated rings. The largest absolute Gasteiger partial charge is 0.214 e. The highest BCUT2D eigenvalue weighted by Crippen LogP contribution is 2.19. The Bertz CT molecular complexity index is 357. The molecular weight excluding hydrogens is 200 g/mol. The predicted molar refractivity (Wildman–Crippen MR) is 54.0 cm³/mol. The molecule has 1 heterocycles. The van der Waals surface area contributed by atoms with E-state index in [1.54, 1.807) is 0 Å². The minimum Gasteiger partial charge on any atom is -0.212 e. The van der Waals surface area contributed by atoms with Crippen molar-refractivity contribution in [2.75, 3.05) is 18.8 Å². The van der Waals surface area contributed by atoms with Crippen LogP contribution in [-0.2, 0) is 10.0 Å². The molecule has 0 amide bonds. The second-order valence-corrected chi connectivity index (χ2v) is 5.46. The second-order valence-electron chi connectivity index (χ2n) is 3.37. The molecule has 5 heteroatoms. The second kappa shape index (κ2) is 4.58. The zero-order valence-electron chi connectivity index (χ0n) is 8.23. The van der Waals surface area contributed by atoms with Crippen molar-refractivity contribution >= 4 is 10.0 Å². The van der Waals surface area contributed by atoms with Crippen molar-refractivity contribution in [3.63, 3.8) is 0 Å². The summed E-state index contributed by atoms with van der Waals surface area (Å²) in [5.41, 5.74) is 0.896. The fraction of sp³-hybridized carbons (Fsp3) is 0.667. The van der Waals surface area contributed by atoms with Crippen LogP contribution in [0.25, 0.3) is 0 Å². The monoisotopic (exact) mass is 214 g/mol. The molecule has 4 nitrogen and oxygen atoms in total. The van der Waals surface area contributed by atoms with Crippen molar-refractivity contribution in [3.05, 3.63) is 11.6 Å². The van der Waals surface area contributed by atoms with Gasteiger partial charge in [-0.25, -0.2) is 8.42 Å². The van der Waals surface area contributed by atoms with E-state index in [0.29, 0.717) is 19.5 Å². The van der Waals surface area contributed by atoms with Crippen LogP contribution in [0.1, 0.15) is 19.8 Å². The summed E-state index contributed by atoms with van der Waals surface area (Å²) >= 11 is 0. The number of hydrogen-bond donors (Lipinski definition) is 0. The van der Waals surface area contributed by atoms with Gasteiger partial charge in [-0.15, -0.1) is 0 Å². The number of nitrogens with zero attached hydrogens (tertiary/aromatic N) is 2. The summed E-state index contributed by atoms with van der Waals surface area (Å²) < 4.78 is 24.5. The van der Waals surface area contributed by atoms with E-state index in [4.69, 9.17) is 5.26 Å². The van der Waals surface area contributed by atoms with E-state index in [1.807, 2.05) is 13.0 Å². The number of allylic oxidation sites excluding steroid dienone is 1. The van der Waals surface area contributed by atoms with Crippen molar-refractivity contribution in [2.24, 2.45) is 0 Å². The lowest BCUT2D eigenvalue weighted by atomic mass is 10.1. The van der Waals surface area contributed by atoms with E-state index in [2.05, 4.69) is 0 Å². The Labute approximate surface area is 84.9 Å². The normalized spacial score (nSPS) is 17.3. The number of rotatable bonds is 4. The molecule has 0 N–H and O–H groups in total. The van der Waals surface area contributed by atoms with Crippen molar-refractivity contribution in [2.45, 2.75) is 19.8 Å². The van der Waals surface area contributed by atoms with Gasteiger partial charge in [0.05, 0.1) is 11.8 Å². The van der Waals surface area contributed by atoms with E-state index in [0.717, 1.165) is 12.0 Å². The van der Waals surface area contributed by atoms with Gasteiger partial charge in [0.25, 0.3) is 0 Å². The first-order valence-corrected chi connectivity index (χ1v) is 6.26. The zero-order valence-corrected chi connectivity index (χ0v) is 9.05. The minimum absolute atomic E-state index is 0.226. The van der Waals surface area contributed by atoms with E-state index < -0.39 is 10.0 Å². The lowest BCUT2D eigenvalue weighted by Crippen LogP contribution is -2.45. The zero-order chi connectivity index (χ0) is 10.6. The molecule has 0 aliphatic carbocycles. The molecule has 0 aromatic heterocycles. The molecule has 1 saturated heterocycles. The van der Waals surface area contributed by atoms with Crippen LogP contribution in [0, 0.1) is 11.3 Å². The van der Waals surface area contributed by atoms with Gasteiger partial charge >= 0.3 is 0 Å². The van der Waals surface area contributed by atoms with Crippen molar-refractivity contribution in [1.29, 1.82) is 5.26 Å². The van der Waals surface area contributed by atoms with Crippen LogP contribution in [0.5, 0.6) is 0 Å². The summed E-state index contributed by atoms with van der Waals surface area (Å²) in [5, 5.41) is 8.34. The number of unbranched alkanes of at least 4 members (excludes halogenated alkanes) is 1. The maximum atomic E-state index is 11.5. The lowest BCUT2D eigenvalue weighted by Gasteiger charge is -2.32. The third kappa shape index (κ3) is 2.56. The number of hydrogen-bond acceptors (Lipinski definition) is 3. The van der Waals surface area contributed by atoms with Gasteiger partial charge in [0.1, 0.15) is 0 Å². The lowest BCUT2D eigenvalue weighted by molar-refractivity contribution is 0.391. The van der Waals surface area contributed by atoms with Crippen LogP contribution in [0.15, 0.2) is 11.6 Å². The van der Waals surface area contributed by atoms with Gasteiger partial charge in [-0.3, -0.25) is 0 Å². The van der Waals surface area contributed by atoms with Gasteiger partial charge in [0, 0.05) is 19.2 Å². The summed E-state index contributed by atoms with van der Waals surface area (Å²) in [6.45, 7) is 2.77. The maximum absolute atomic E-state index is 11.5. The summed E-state index contributed by atoms with van der Waals surface area (Å²) in [7, 11) is -3.05. The Balaban J connectivity index is 2.47. The van der Waals surface area contributed by atoms with Gasteiger partial charge in [-0.05, 0) is 12.0 Å². The Kier molecular flexibility index (Phi) is 3.67. The number of nitriles is 1. The molecule has 0 unspecified atom stereocenters. The van der Waals surface area contributed by atoms with Crippen molar-refractivity contribution < 1.29 is 8.42 Å². The topological polar surface area (TPSA) is 61.2 Å². The highest BCUT2D eigenvalue weighted by Gasteiger charge is 2.30. The molecule has 0 bridgehead atoms. The summed E-state index contributed by atoms with van der Waals surface area (Å²) in [6, 6.07) is 1.90. The van der Waals surface area contributed by atoms with Crippen LogP contribution in [0.4, 0.5) is 0 Å². The SMILES string of the molecule is CCCCS(=O)(=O)N1CC(=CC#N)C1. The van der Waals surface area contributed by atoms with Gasteiger partial charge in [0.15, 0.2) is 0 Å². The Morgan fingerprint density at radius 2 is 2.21 bits per heavy atom. The van der Waals surface area contributed by atoms with Gasteiger partial charge in [-0.1, -0.05) is 13.3 Å². The highest BCUT2D eigenvalue weighted by atomic mass is 32.2. The quantitative estimate of drug-likeness (QED) is 0.653. The van der Waals surface area contributed by atoms with Crippen LogP contribution >= 0.6 is 0 Å². The van der Waals surface area contributed by atoms with Crippen LogP contribution in [0.3, 0.4) is 0 Å². The molecule has 1 rings (SSSR count). The average Bonchev–Trinajstić information content (AvgIpc) is 2.07. The van der Waals surface area contributed by atoms with Crippen LogP contribution in [-0.4, -0.2) is 31.6 Å². The molecule has 0 saturated carbocycles. The van der Waals surface area contributed by atoms with E-state index in [1.165, 1.54) is 10.4 Å². The Morgan fingerprint density at radius 1 is 1.57 bits per heavy atom. The molecule has 0 atom stereocenters. The molecule has 0 aromatic rings. The van der Waals surface area contributed by atoms with E-state index in [-0.39, 0.29) is 5.75 Å². The van der Waals surface area contributed by atoms with Crippen LogP contribution < -0.4 is 0 Å². The third-order valence-electron chi connectivity index (χ3n) is 2.18. The van der Waals surface area contributed by atoms with E-state index >= 15 is 0 Å². The fourth-order valence-corrected chi connectivity index (χ4v) is 2.88. The average molecular weight is 214 g/mol. The first-order valence-electron chi connectivity index (χ1n) is 4.65. The first kappa shape index (κ1) is 11.2.